The van der Waals surface area contributed by atoms with Crippen LogP contribution in [0.15, 0.2) is 84.0 Å². The minimum atomic E-state index is 0.504. The van der Waals surface area contributed by atoms with Gasteiger partial charge in [0.15, 0.2) is 11.5 Å². The highest BCUT2D eigenvalue weighted by atomic mass is 16.5. The fourth-order valence-electron chi connectivity index (χ4n) is 2.42. The van der Waals surface area contributed by atoms with Crippen LogP contribution >= 0.6 is 0 Å². The number of para-hydroxylation sites is 1. The molecule has 0 spiro atoms. The van der Waals surface area contributed by atoms with Gasteiger partial charge in [-0.1, -0.05) is 48.5 Å². The Morgan fingerprint density at radius 1 is 0.846 bits per heavy atom. The van der Waals surface area contributed by atoms with Crippen molar-refractivity contribution in [2.75, 3.05) is 12.0 Å². The van der Waals surface area contributed by atoms with Crippen LogP contribution in [0.2, 0.25) is 0 Å². The van der Waals surface area contributed by atoms with Crippen LogP contribution < -0.4 is 14.9 Å². The van der Waals surface area contributed by atoms with E-state index in [4.69, 9.17) is 9.47 Å². The van der Waals surface area contributed by atoms with Gasteiger partial charge >= 0.3 is 0 Å². The molecule has 3 rings (SSSR count). The Labute approximate surface area is 154 Å². The Morgan fingerprint density at radius 2 is 1.58 bits per heavy atom. The van der Waals surface area contributed by atoms with Crippen LogP contribution in [0.4, 0.5) is 5.69 Å². The number of hydrazone groups is 1. The smallest absolute Gasteiger partial charge is 0.161 e. The predicted octanol–water partition coefficient (Wildman–Crippen LogP) is 5.11. The molecule has 0 saturated carbocycles. The van der Waals surface area contributed by atoms with Gasteiger partial charge in [0.05, 0.1) is 18.5 Å². The SMILES string of the molecule is CCOc1cc(/C=N/Nc2ccccc2)ccc1OCc1ccccc1. The molecule has 0 aromatic heterocycles. The van der Waals surface area contributed by atoms with E-state index in [1.807, 2.05) is 85.8 Å². The molecule has 0 atom stereocenters. The van der Waals surface area contributed by atoms with Crippen molar-refractivity contribution in [3.8, 4) is 11.5 Å². The molecule has 4 nitrogen and oxygen atoms in total. The normalized spacial score (nSPS) is 10.7. The quantitative estimate of drug-likeness (QED) is 0.455. The standard InChI is InChI=1S/C22H22N2O2/c1-2-25-22-15-19(16-23-24-20-11-7-4-8-12-20)13-14-21(22)26-17-18-9-5-3-6-10-18/h3-16,24H,2,17H2,1H3/b23-16+. The lowest BCUT2D eigenvalue weighted by Crippen LogP contribution is -2.00. The first-order chi connectivity index (χ1) is 12.8. The van der Waals surface area contributed by atoms with Crippen LogP contribution in [0, 0.1) is 0 Å². The highest BCUT2D eigenvalue weighted by Crippen LogP contribution is 2.29. The van der Waals surface area contributed by atoms with Crippen molar-refractivity contribution in [3.05, 3.63) is 90.0 Å². The number of nitrogens with one attached hydrogen (secondary N) is 1. The maximum Gasteiger partial charge on any atom is 0.161 e. The molecule has 0 heterocycles. The van der Waals surface area contributed by atoms with Gasteiger partial charge in [-0.2, -0.15) is 5.10 Å². The minimum absolute atomic E-state index is 0.504. The Hall–Kier alpha value is -3.27. The monoisotopic (exact) mass is 346 g/mol. The molecule has 3 aromatic carbocycles. The van der Waals surface area contributed by atoms with Crippen molar-refractivity contribution in [1.82, 2.24) is 0 Å². The number of ether oxygens (including phenoxy) is 2. The van der Waals surface area contributed by atoms with E-state index >= 15 is 0 Å². The molecule has 0 unspecified atom stereocenters. The first-order valence-corrected chi connectivity index (χ1v) is 8.63. The molecule has 0 saturated heterocycles. The first kappa shape index (κ1) is 17.5. The zero-order valence-corrected chi connectivity index (χ0v) is 14.8. The molecule has 132 valence electrons. The Balaban J connectivity index is 1.67. The number of nitrogens with zero attached hydrogens (tertiary/aromatic N) is 1. The molecule has 1 N–H and O–H groups in total. The number of hydrogen-bond donors (Lipinski definition) is 1. The summed E-state index contributed by atoms with van der Waals surface area (Å²) in [5, 5.41) is 4.26. The molecule has 4 heteroatoms. The summed E-state index contributed by atoms with van der Waals surface area (Å²) in [5.74, 6) is 1.44. The molecule has 0 aliphatic rings. The fourth-order valence-corrected chi connectivity index (χ4v) is 2.42. The average molecular weight is 346 g/mol. The van der Waals surface area contributed by atoms with Crippen molar-refractivity contribution >= 4 is 11.9 Å². The molecule has 0 fully saturated rings. The van der Waals surface area contributed by atoms with Crippen molar-refractivity contribution in [3.63, 3.8) is 0 Å². The molecule has 0 aliphatic carbocycles. The summed E-state index contributed by atoms with van der Waals surface area (Å²) in [6, 6.07) is 25.7. The van der Waals surface area contributed by atoms with Gasteiger partial charge in [-0.15, -0.1) is 0 Å². The zero-order chi connectivity index (χ0) is 18.0. The Bertz CT molecular complexity index is 833. The number of benzene rings is 3. The largest absolute Gasteiger partial charge is 0.490 e. The summed E-state index contributed by atoms with van der Waals surface area (Å²) in [6.07, 6.45) is 1.76. The van der Waals surface area contributed by atoms with Gasteiger partial charge < -0.3 is 9.47 Å². The summed E-state index contributed by atoms with van der Waals surface area (Å²) in [6.45, 7) is 3.03. The molecular weight excluding hydrogens is 324 g/mol. The zero-order valence-electron chi connectivity index (χ0n) is 14.8. The van der Waals surface area contributed by atoms with Crippen LogP contribution in [-0.2, 0) is 6.61 Å². The molecule has 0 aliphatic heterocycles. The van der Waals surface area contributed by atoms with Gasteiger partial charge in [0, 0.05) is 0 Å². The van der Waals surface area contributed by atoms with Crippen molar-refractivity contribution in [1.29, 1.82) is 0 Å². The summed E-state index contributed by atoms with van der Waals surface area (Å²) in [7, 11) is 0. The van der Waals surface area contributed by atoms with Gasteiger partial charge in [0.25, 0.3) is 0 Å². The maximum atomic E-state index is 5.92. The second-order valence-electron chi connectivity index (χ2n) is 5.65. The van der Waals surface area contributed by atoms with Crippen LogP contribution in [0.5, 0.6) is 11.5 Å². The van der Waals surface area contributed by atoms with Crippen molar-refractivity contribution in [2.24, 2.45) is 5.10 Å². The van der Waals surface area contributed by atoms with Crippen LogP contribution in [0.1, 0.15) is 18.1 Å². The van der Waals surface area contributed by atoms with Crippen molar-refractivity contribution in [2.45, 2.75) is 13.5 Å². The van der Waals surface area contributed by atoms with Gasteiger partial charge in [-0.3, -0.25) is 5.43 Å². The van der Waals surface area contributed by atoms with Gasteiger partial charge in [-0.05, 0) is 48.4 Å². The van der Waals surface area contributed by atoms with Crippen LogP contribution in [0.25, 0.3) is 0 Å². The molecule has 3 aromatic rings. The molecule has 0 amide bonds. The van der Waals surface area contributed by atoms with E-state index in [9.17, 15) is 0 Å². The third-order valence-electron chi connectivity index (χ3n) is 3.69. The Morgan fingerprint density at radius 3 is 2.31 bits per heavy atom. The second-order valence-corrected chi connectivity index (χ2v) is 5.65. The lowest BCUT2D eigenvalue weighted by Gasteiger charge is -2.12. The molecule has 0 bridgehead atoms. The molecular formula is C22H22N2O2. The van der Waals surface area contributed by atoms with E-state index < -0.39 is 0 Å². The second kappa shape index (κ2) is 9.28. The topological polar surface area (TPSA) is 42.8 Å². The van der Waals surface area contributed by atoms with E-state index in [0.29, 0.717) is 19.0 Å². The molecule has 0 radical (unpaired) electrons. The van der Waals surface area contributed by atoms with Crippen LogP contribution in [0.3, 0.4) is 0 Å². The van der Waals surface area contributed by atoms with E-state index in [1.165, 1.54) is 0 Å². The third kappa shape index (κ3) is 5.11. The number of anilines is 1. The van der Waals surface area contributed by atoms with Crippen molar-refractivity contribution < 1.29 is 9.47 Å². The first-order valence-electron chi connectivity index (χ1n) is 8.63. The lowest BCUT2D eigenvalue weighted by molar-refractivity contribution is 0.269. The lowest BCUT2D eigenvalue weighted by atomic mass is 10.2. The number of rotatable bonds is 8. The molecule has 26 heavy (non-hydrogen) atoms. The summed E-state index contributed by atoms with van der Waals surface area (Å²) in [5.41, 5.74) is 6.00. The fraction of sp³-hybridized carbons (Fsp3) is 0.136. The average Bonchev–Trinajstić information content (AvgIpc) is 2.69. The van der Waals surface area contributed by atoms with E-state index in [-0.39, 0.29) is 0 Å². The van der Waals surface area contributed by atoms with E-state index in [0.717, 1.165) is 22.6 Å². The third-order valence-corrected chi connectivity index (χ3v) is 3.69. The van der Waals surface area contributed by atoms with E-state index in [1.54, 1.807) is 6.21 Å². The summed E-state index contributed by atoms with van der Waals surface area (Å²) >= 11 is 0. The maximum absolute atomic E-state index is 5.92. The van der Waals surface area contributed by atoms with Crippen LogP contribution in [-0.4, -0.2) is 12.8 Å². The predicted molar refractivity (Wildman–Crippen MR) is 106 cm³/mol. The van der Waals surface area contributed by atoms with Gasteiger partial charge in [0.2, 0.25) is 0 Å². The van der Waals surface area contributed by atoms with Gasteiger partial charge in [0.1, 0.15) is 6.61 Å². The summed E-state index contributed by atoms with van der Waals surface area (Å²) in [4.78, 5) is 0. The highest BCUT2D eigenvalue weighted by Gasteiger charge is 2.06. The number of hydrogen-bond acceptors (Lipinski definition) is 4. The van der Waals surface area contributed by atoms with E-state index in [2.05, 4.69) is 10.5 Å². The summed E-state index contributed by atoms with van der Waals surface area (Å²) < 4.78 is 11.6. The van der Waals surface area contributed by atoms with Gasteiger partial charge in [-0.25, -0.2) is 0 Å². The highest BCUT2D eigenvalue weighted by molar-refractivity contribution is 5.81. The Kier molecular flexibility index (Phi) is 6.26. The minimum Gasteiger partial charge on any atom is -0.490 e.